The van der Waals surface area contributed by atoms with E-state index in [0.717, 1.165) is 10.1 Å². The number of halogens is 1. The van der Waals surface area contributed by atoms with E-state index in [1.165, 1.54) is 35.5 Å². The molecule has 0 aliphatic carbocycles. The third kappa shape index (κ3) is 2.59. The highest BCUT2D eigenvalue weighted by molar-refractivity contribution is 7.98. The second-order valence-electron chi connectivity index (χ2n) is 5.25. The monoisotopic (exact) mass is 334 g/mol. The van der Waals surface area contributed by atoms with Crippen LogP contribution in [-0.2, 0) is 26.9 Å². The Hall–Kier alpha value is -2.35. The van der Waals surface area contributed by atoms with Gasteiger partial charge in [0.2, 0.25) is 0 Å². The zero-order valence-corrected chi connectivity index (χ0v) is 13.7. The summed E-state index contributed by atoms with van der Waals surface area (Å²) in [7, 11) is 4.78. The van der Waals surface area contributed by atoms with E-state index in [1.807, 2.05) is 6.07 Å². The molecule has 0 saturated heterocycles. The van der Waals surface area contributed by atoms with Gasteiger partial charge in [-0.25, -0.2) is 14.2 Å². The molecule has 0 unspecified atom stereocenters. The van der Waals surface area contributed by atoms with Gasteiger partial charge in [-0.15, -0.1) is 0 Å². The van der Waals surface area contributed by atoms with Crippen LogP contribution >= 0.6 is 11.8 Å². The summed E-state index contributed by atoms with van der Waals surface area (Å²) in [6.45, 7) is 0. The van der Waals surface area contributed by atoms with E-state index in [2.05, 4.69) is 4.98 Å². The molecule has 0 N–H and O–H groups in total. The smallest absolute Gasteiger partial charge is 0.308 e. The van der Waals surface area contributed by atoms with Crippen LogP contribution in [-0.4, -0.2) is 18.7 Å². The van der Waals surface area contributed by atoms with E-state index in [1.54, 1.807) is 24.7 Å². The van der Waals surface area contributed by atoms with E-state index in [-0.39, 0.29) is 11.3 Å². The van der Waals surface area contributed by atoms with E-state index >= 15 is 0 Å². The molecule has 2 heterocycles. The number of aromatic nitrogens is 4. The molecule has 8 heteroatoms. The van der Waals surface area contributed by atoms with Crippen LogP contribution in [0.1, 0.15) is 5.56 Å². The standard InChI is InChI=1S/C15H15FN4O2S/c1-18-12-11(13(21)20(3)15(22)19(12)2)17-14(18)23-8-9-5-4-6-10(16)7-9/h4-7H,8H2,1-3H3. The number of thioether (sulfide) groups is 1. The van der Waals surface area contributed by atoms with Crippen LogP contribution in [0.4, 0.5) is 4.39 Å². The van der Waals surface area contributed by atoms with Gasteiger partial charge in [-0.3, -0.25) is 13.9 Å². The highest BCUT2D eigenvalue weighted by Gasteiger charge is 2.17. The molecule has 0 aliphatic rings. The maximum Gasteiger partial charge on any atom is 0.332 e. The first kappa shape index (κ1) is 15.5. The van der Waals surface area contributed by atoms with E-state index < -0.39 is 11.2 Å². The summed E-state index contributed by atoms with van der Waals surface area (Å²) in [5.41, 5.74) is 0.728. The van der Waals surface area contributed by atoms with Crippen molar-refractivity contribution in [2.45, 2.75) is 10.9 Å². The Labute approximate surface area is 135 Å². The van der Waals surface area contributed by atoms with Crippen LogP contribution in [0, 0.1) is 5.82 Å². The van der Waals surface area contributed by atoms with Gasteiger partial charge in [0.1, 0.15) is 5.82 Å². The quantitative estimate of drug-likeness (QED) is 0.680. The summed E-state index contributed by atoms with van der Waals surface area (Å²) >= 11 is 1.39. The Bertz CT molecular complexity index is 1020. The number of rotatable bonds is 3. The number of aryl methyl sites for hydroxylation is 2. The van der Waals surface area contributed by atoms with Crippen molar-refractivity contribution in [1.82, 2.24) is 18.7 Å². The summed E-state index contributed by atoms with van der Waals surface area (Å²) < 4.78 is 17.4. The molecule has 0 atom stereocenters. The summed E-state index contributed by atoms with van der Waals surface area (Å²) in [6.07, 6.45) is 0. The molecule has 2 aromatic heterocycles. The topological polar surface area (TPSA) is 61.8 Å². The molecule has 0 aliphatic heterocycles. The Kier molecular flexibility index (Phi) is 3.85. The number of hydrogen-bond acceptors (Lipinski definition) is 4. The molecule has 1 aromatic carbocycles. The third-order valence-corrected chi connectivity index (χ3v) is 4.78. The average molecular weight is 334 g/mol. The van der Waals surface area contributed by atoms with E-state index in [0.29, 0.717) is 16.6 Å². The lowest BCUT2D eigenvalue weighted by atomic mass is 10.2. The molecule has 0 fully saturated rings. The average Bonchev–Trinajstić information content (AvgIpc) is 2.86. The van der Waals surface area contributed by atoms with Gasteiger partial charge >= 0.3 is 5.69 Å². The minimum atomic E-state index is -0.420. The summed E-state index contributed by atoms with van der Waals surface area (Å²) in [5.74, 6) is 0.229. The van der Waals surface area contributed by atoms with E-state index in [9.17, 15) is 14.0 Å². The normalized spacial score (nSPS) is 11.3. The largest absolute Gasteiger partial charge is 0.332 e. The van der Waals surface area contributed by atoms with Gasteiger partial charge in [0.05, 0.1) is 0 Å². The Morgan fingerprint density at radius 3 is 2.57 bits per heavy atom. The number of benzene rings is 1. The fourth-order valence-corrected chi connectivity index (χ4v) is 3.37. The molecule has 0 amide bonds. The maximum atomic E-state index is 13.2. The fraction of sp³-hybridized carbons (Fsp3) is 0.267. The van der Waals surface area contributed by atoms with Crippen LogP contribution in [0.15, 0.2) is 39.0 Å². The van der Waals surface area contributed by atoms with Crippen molar-refractivity contribution in [2.24, 2.45) is 21.1 Å². The fourth-order valence-electron chi connectivity index (χ4n) is 2.46. The predicted octanol–water partition coefficient (Wildman–Crippen LogP) is 1.40. The van der Waals surface area contributed by atoms with Crippen LogP contribution in [0.5, 0.6) is 0 Å². The minimum Gasteiger partial charge on any atom is -0.308 e. The molecule has 0 bridgehead atoms. The molecule has 0 spiro atoms. The summed E-state index contributed by atoms with van der Waals surface area (Å²) in [6, 6.07) is 6.33. The van der Waals surface area contributed by atoms with Crippen LogP contribution in [0.25, 0.3) is 11.2 Å². The van der Waals surface area contributed by atoms with Crippen molar-refractivity contribution >= 4 is 22.9 Å². The summed E-state index contributed by atoms with van der Waals surface area (Å²) in [5, 5.41) is 0.600. The number of fused-ring (bicyclic) bond motifs is 1. The Morgan fingerprint density at radius 2 is 1.87 bits per heavy atom. The lowest BCUT2D eigenvalue weighted by Gasteiger charge is -2.06. The summed E-state index contributed by atoms with van der Waals surface area (Å²) in [4.78, 5) is 28.6. The first-order valence-electron chi connectivity index (χ1n) is 6.90. The van der Waals surface area contributed by atoms with Crippen LogP contribution < -0.4 is 11.2 Å². The van der Waals surface area contributed by atoms with Crippen molar-refractivity contribution in [1.29, 1.82) is 0 Å². The molecular formula is C15H15FN4O2S. The minimum absolute atomic E-state index is 0.249. The molecule has 0 saturated carbocycles. The molecule has 6 nitrogen and oxygen atoms in total. The van der Waals surface area contributed by atoms with Crippen molar-refractivity contribution in [3.05, 3.63) is 56.5 Å². The van der Waals surface area contributed by atoms with Gasteiger partial charge in [-0.1, -0.05) is 23.9 Å². The van der Waals surface area contributed by atoms with Gasteiger partial charge in [0.25, 0.3) is 5.56 Å². The highest BCUT2D eigenvalue weighted by atomic mass is 32.2. The van der Waals surface area contributed by atoms with Gasteiger partial charge < -0.3 is 4.57 Å². The van der Waals surface area contributed by atoms with Crippen molar-refractivity contribution in [2.75, 3.05) is 0 Å². The molecule has 23 heavy (non-hydrogen) atoms. The SMILES string of the molecule is Cn1c(=O)c2nc(SCc3cccc(F)c3)n(C)c2n(C)c1=O. The van der Waals surface area contributed by atoms with Crippen LogP contribution in [0.2, 0.25) is 0 Å². The van der Waals surface area contributed by atoms with E-state index in [4.69, 9.17) is 0 Å². The molecule has 3 aromatic rings. The van der Waals surface area contributed by atoms with Gasteiger partial charge in [-0.05, 0) is 17.7 Å². The maximum absolute atomic E-state index is 13.2. The molecule has 120 valence electrons. The second kappa shape index (κ2) is 5.69. The number of nitrogens with zero attached hydrogens (tertiary/aromatic N) is 4. The van der Waals surface area contributed by atoms with Crippen molar-refractivity contribution in [3.63, 3.8) is 0 Å². The molecule has 0 radical (unpaired) electrons. The number of imidazole rings is 1. The number of hydrogen-bond donors (Lipinski definition) is 0. The first-order chi connectivity index (χ1) is 10.9. The molecule has 3 rings (SSSR count). The highest BCUT2D eigenvalue weighted by Crippen LogP contribution is 2.24. The van der Waals surface area contributed by atoms with Crippen LogP contribution in [0.3, 0.4) is 0 Å². The zero-order valence-electron chi connectivity index (χ0n) is 12.9. The zero-order chi connectivity index (χ0) is 16.7. The lowest BCUT2D eigenvalue weighted by Crippen LogP contribution is -2.37. The van der Waals surface area contributed by atoms with Gasteiger partial charge in [0, 0.05) is 26.9 Å². The Morgan fingerprint density at radius 1 is 1.13 bits per heavy atom. The van der Waals surface area contributed by atoms with Crippen molar-refractivity contribution < 1.29 is 4.39 Å². The predicted molar refractivity (Wildman–Crippen MR) is 87.2 cm³/mol. The van der Waals surface area contributed by atoms with Gasteiger partial charge in [0.15, 0.2) is 16.3 Å². The van der Waals surface area contributed by atoms with Gasteiger partial charge in [-0.2, -0.15) is 0 Å². The molecular weight excluding hydrogens is 319 g/mol. The Balaban J connectivity index is 2.04. The first-order valence-corrected chi connectivity index (χ1v) is 7.88. The second-order valence-corrected chi connectivity index (χ2v) is 6.19. The van der Waals surface area contributed by atoms with Crippen molar-refractivity contribution in [3.8, 4) is 0 Å². The lowest BCUT2D eigenvalue weighted by molar-refractivity contribution is 0.626. The third-order valence-electron chi connectivity index (χ3n) is 3.68.